The van der Waals surface area contributed by atoms with Gasteiger partial charge in [0.2, 0.25) is 5.91 Å². The number of nitrogens with two attached hydrogens (primary N) is 1. The molecule has 1 heterocycles. The molecule has 4 heteroatoms. The second-order valence-electron chi connectivity index (χ2n) is 4.14. The van der Waals surface area contributed by atoms with Crippen LogP contribution in [0.25, 0.3) is 0 Å². The molecule has 0 unspecified atom stereocenters. The molecule has 1 aromatic rings. The van der Waals surface area contributed by atoms with Crippen LogP contribution in [-0.4, -0.2) is 43.7 Å². The summed E-state index contributed by atoms with van der Waals surface area (Å²) in [7, 11) is 0. The summed E-state index contributed by atoms with van der Waals surface area (Å²) in [5, 5.41) is 0. The smallest absolute Gasteiger partial charge is 0.231 e. The van der Waals surface area contributed by atoms with Crippen molar-refractivity contribution in [2.75, 3.05) is 32.8 Å². The molecule has 1 saturated heterocycles. The van der Waals surface area contributed by atoms with Gasteiger partial charge in [-0.25, -0.2) is 0 Å². The van der Waals surface area contributed by atoms with E-state index in [0.717, 1.165) is 5.56 Å². The Labute approximate surface area is 101 Å². The fraction of sp³-hybridized carbons (Fsp3) is 0.462. The van der Waals surface area contributed by atoms with Gasteiger partial charge in [-0.3, -0.25) is 4.79 Å². The molecule has 17 heavy (non-hydrogen) atoms. The molecule has 4 nitrogen and oxygen atoms in total. The molecule has 1 fully saturated rings. The molecule has 0 spiro atoms. The minimum atomic E-state index is -0.228. The second kappa shape index (κ2) is 5.80. The zero-order valence-electron chi connectivity index (χ0n) is 9.84. The normalized spacial score (nSPS) is 17.8. The minimum Gasteiger partial charge on any atom is -0.378 e. The first-order valence-corrected chi connectivity index (χ1v) is 5.94. The van der Waals surface area contributed by atoms with E-state index in [-0.39, 0.29) is 11.8 Å². The molecule has 1 aliphatic rings. The maximum absolute atomic E-state index is 12.3. The van der Waals surface area contributed by atoms with Crippen LogP contribution in [0.1, 0.15) is 11.5 Å². The maximum Gasteiger partial charge on any atom is 0.231 e. The van der Waals surface area contributed by atoms with Gasteiger partial charge in [-0.2, -0.15) is 0 Å². The van der Waals surface area contributed by atoms with Gasteiger partial charge in [0.25, 0.3) is 0 Å². The van der Waals surface area contributed by atoms with Crippen molar-refractivity contribution in [2.45, 2.75) is 5.92 Å². The Balaban J connectivity index is 2.10. The van der Waals surface area contributed by atoms with Crippen LogP contribution in [-0.2, 0) is 9.53 Å². The van der Waals surface area contributed by atoms with E-state index in [9.17, 15) is 4.79 Å². The molecule has 0 aromatic heterocycles. The SMILES string of the molecule is NC[C@H](C(=O)N1CCOCC1)c1ccccc1. The molecule has 1 aliphatic heterocycles. The summed E-state index contributed by atoms with van der Waals surface area (Å²) < 4.78 is 5.24. The number of ether oxygens (including phenoxy) is 1. The van der Waals surface area contributed by atoms with Crippen molar-refractivity contribution in [2.24, 2.45) is 5.73 Å². The van der Waals surface area contributed by atoms with Crippen LogP contribution in [0, 0.1) is 0 Å². The van der Waals surface area contributed by atoms with Gasteiger partial charge in [-0.15, -0.1) is 0 Å². The van der Waals surface area contributed by atoms with Gasteiger partial charge < -0.3 is 15.4 Å². The van der Waals surface area contributed by atoms with Crippen LogP contribution in [0.5, 0.6) is 0 Å². The number of carbonyl (C=O) groups excluding carboxylic acids is 1. The third kappa shape index (κ3) is 2.84. The number of hydrogen-bond donors (Lipinski definition) is 1. The maximum atomic E-state index is 12.3. The van der Waals surface area contributed by atoms with E-state index in [0.29, 0.717) is 32.8 Å². The molecular weight excluding hydrogens is 216 g/mol. The van der Waals surface area contributed by atoms with E-state index in [1.54, 1.807) is 0 Å². The summed E-state index contributed by atoms with van der Waals surface area (Å²) in [5.74, 6) is -0.115. The summed E-state index contributed by atoms with van der Waals surface area (Å²) in [4.78, 5) is 14.2. The predicted octanol–water partition coefficient (Wildman–Crippen LogP) is 0.588. The molecular formula is C13H18N2O2. The molecule has 0 aliphatic carbocycles. The number of hydrogen-bond acceptors (Lipinski definition) is 3. The lowest BCUT2D eigenvalue weighted by molar-refractivity contribution is -0.136. The van der Waals surface area contributed by atoms with Crippen LogP contribution >= 0.6 is 0 Å². The first kappa shape index (κ1) is 12.1. The Morgan fingerprint density at radius 1 is 1.29 bits per heavy atom. The Kier molecular flexibility index (Phi) is 4.12. The average Bonchev–Trinajstić information content (AvgIpc) is 2.42. The molecule has 2 N–H and O–H groups in total. The Morgan fingerprint density at radius 2 is 1.94 bits per heavy atom. The lowest BCUT2D eigenvalue weighted by atomic mass is 9.97. The first-order chi connectivity index (χ1) is 8.33. The van der Waals surface area contributed by atoms with Crippen molar-refractivity contribution in [1.82, 2.24) is 4.90 Å². The van der Waals surface area contributed by atoms with Gasteiger partial charge in [-0.05, 0) is 5.56 Å². The molecule has 0 saturated carbocycles. The lowest BCUT2D eigenvalue weighted by Crippen LogP contribution is -2.44. The fourth-order valence-electron chi connectivity index (χ4n) is 2.07. The quantitative estimate of drug-likeness (QED) is 0.832. The third-order valence-electron chi connectivity index (χ3n) is 3.06. The van der Waals surface area contributed by atoms with Crippen LogP contribution in [0.2, 0.25) is 0 Å². The molecule has 1 atom stereocenters. The number of carbonyl (C=O) groups is 1. The summed E-state index contributed by atoms with van der Waals surface area (Å²) in [5.41, 5.74) is 6.73. The predicted molar refractivity (Wildman–Crippen MR) is 65.6 cm³/mol. The summed E-state index contributed by atoms with van der Waals surface area (Å²) >= 11 is 0. The van der Waals surface area contributed by atoms with E-state index in [1.165, 1.54) is 0 Å². The van der Waals surface area contributed by atoms with Crippen molar-refractivity contribution < 1.29 is 9.53 Å². The summed E-state index contributed by atoms with van der Waals surface area (Å²) in [6.07, 6.45) is 0. The number of rotatable bonds is 3. The zero-order valence-corrected chi connectivity index (χ0v) is 9.84. The Morgan fingerprint density at radius 3 is 2.53 bits per heavy atom. The van der Waals surface area contributed by atoms with Crippen LogP contribution < -0.4 is 5.73 Å². The van der Waals surface area contributed by atoms with E-state index >= 15 is 0 Å². The monoisotopic (exact) mass is 234 g/mol. The van der Waals surface area contributed by atoms with E-state index in [1.807, 2.05) is 35.2 Å². The van der Waals surface area contributed by atoms with Gasteiger partial charge >= 0.3 is 0 Å². The zero-order chi connectivity index (χ0) is 12.1. The third-order valence-corrected chi connectivity index (χ3v) is 3.06. The second-order valence-corrected chi connectivity index (χ2v) is 4.14. The minimum absolute atomic E-state index is 0.113. The van der Waals surface area contributed by atoms with Crippen LogP contribution in [0.15, 0.2) is 30.3 Å². The molecule has 0 bridgehead atoms. The average molecular weight is 234 g/mol. The Bertz CT molecular complexity index is 361. The van der Waals surface area contributed by atoms with E-state index in [4.69, 9.17) is 10.5 Å². The lowest BCUT2D eigenvalue weighted by Gasteiger charge is -2.30. The Hall–Kier alpha value is -1.39. The fourth-order valence-corrected chi connectivity index (χ4v) is 2.07. The van der Waals surface area contributed by atoms with Gasteiger partial charge in [0, 0.05) is 19.6 Å². The first-order valence-electron chi connectivity index (χ1n) is 5.94. The number of nitrogens with zero attached hydrogens (tertiary/aromatic N) is 1. The topological polar surface area (TPSA) is 55.6 Å². The van der Waals surface area contributed by atoms with Gasteiger partial charge in [0.1, 0.15) is 0 Å². The molecule has 1 aromatic carbocycles. The van der Waals surface area contributed by atoms with E-state index in [2.05, 4.69) is 0 Å². The molecule has 0 radical (unpaired) electrons. The van der Waals surface area contributed by atoms with Crippen molar-refractivity contribution in [1.29, 1.82) is 0 Å². The highest BCUT2D eigenvalue weighted by molar-refractivity contribution is 5.84. The number of benzene rings is 1. The van der Waals surface area contributed by atoms with E-state index < -0.39 is 0 Å². The van der Waals surface area contributed by atoms with Crippen molar-refractivity contribution in [3.8, 4) is 0 Å². The van der Waals surface area contributed by atoms with Gasteiger partial charge in [0.05, 0.1) is 19.1 Å². The van der Waals surface area contributed by atoms with Crippen LogP contribution in [0.3, 0.4) is 0 Å². The van der Waals surface area contributed by atoms with Crippen molar-refractivity contribution in [3.63, 3.8) is 0 Å². The molecule has 2 rings (SSSR count). The van der Waals surface area contributed by atoms with Gasteiger partial charge in [0.15, 0.2) is 0 Å². The number of amides is 1. The highest BCUT2D eigenvalue weighted by Gasteiger charge is 2.25. The van der Waals surface area contributed by atoms with Crippen molar-refractivity contribution >= 4 is 5.91 Å². The summed E-state index contributed by atoms with van der Waals surface area (Å²) in [6.45, 7) is 2.93. The summed E-state index contributed by atoms with van der Waals surface area (Å²) in [6, 6.07) is 9.72. The highest BCUT2D eigenvalue weighted by Crippen LogP contribution is 2.17. The highest BCUT2D eigenvalue weighted by atomic mass is 16.5. The van der Waals surface area contributed by atoms with Gasteiger partial charge in [-0.1, -0.05) is 30.3 Å². The number of morpholine rings is 1. The standard InChI is InChI=1S/C13H18N2O2/c14-10-12(11-4-2-1-3-5-11)13(16)15-6-8-17-9-7-15/h1-5,12H,6-10,14H2/t12-/m0/s1. The molecule has 92 valence electrons. The van der Waals surface area contributed by atoms with Crippen molar-refractivity contribution in [3.05, 3.63) is 35.9 Å². The van der Waals surface area contributed by atoms with Crippen LogP contribution in [0.4, 0.5) is 0 Å². The molecule has 1 amide bonds. The largest absolute Gasteiger partial charge is 0.378 e.